The minimum absolute atomic E-state index is 0.0905. The molecule has 0 spiro atoms. The Morgan fingerprint density at radius 3 is 2.59 bits per heavy atom. The van der Waals surface area contributed by atoms with Crippen molar-refractivity contribution in [1.29, 1.82) is 0 Å². The molecule has 2 aliphatic heterocycles. The Balaban J connectivity index is 1.70. The lowest BCUT2D eigenvalue weighted by molar-refractivity contribution is -0.136. The third kappa shape index (κ3) is 3.16. The quantitative estimate of drug-likeness (QED) is 0.840. The third-order valence-corrected chi connectivity index (χ3v) is 4.94. The molecule has 118 valence electrons. The van der Waals surface area contributed by atoms with Crippen molar-refractivity contribution in [2.45, 2.75) is 31.6 Å². The van der Waals surface area contributed by atoms with Gasteiger partial charge in [-0.05, 0) is 18.4 Å². The molecule has 4 heteroatoms. The summed E-state index contributed by atoms with van der Waals surface area (Å²) in [5.41, 5.74) is 1.32. The minimum Gasteiger partial charge on any atom is -0.345 e. The Bertz CT molecular complexity index is 543. The van der Waals surface area contributed by atoms with Gasteiger partial charge in [0, 0.05) is 39.0 Å². The first-order valence-corrected chi connectivity index (χ1v) is 8.23. The zero-order valence-corrected chi connectivity index (χ0v) is 13.2. The van der Waals surface area contributed by atoms with E-state index in [1.54, 1.807) is 11.9 Å². The molecule has 2 unspecified atom stereocenters. The van der Waals surface area contributed by atoms with E-state index in [4.69, 9.17) is 0 Å². The molecule has 1 aromatic carbocycles. The molecular formula is C18H24N2O2. The van der Waals surface area contributed by atoms with Gasteiger partial charge in [-0.2, -0.15) is 0 Å². The van der Waals surface area contributed by atoms with E-state index >= 15 is 0 Å². The van der Waals surface area contributed by atoms with Gasteiger partial charge in [-0.25, -0.2) is 0 Å². The van der Waals surface area contributed by atoms with E-state index in [-0.39, 0.29) is 17.7 Å². The third-order valence-electron chi connectivity index (χ3n) is 4.94. The number of carbonyl (C=O) groups excluding carboxylic acids is 2. The number of rotatable bonds is 2. The van der Waals surface area contributed by atoms with Gasteiger partial charge in [0.15, 0.2) is 0 Å². The van der Waals surface area contributed by atoms with E-state index in [0.717, 1.165) is 32.4 Å². The van der Waals surface area contributed by atoms with Crippen LogP contribution in [0, 0.1) is 5.92 Å². The second-order valence-electron chi connectivity index (χ2n) is 6.56. The molecule has 2 aliphatic rings. The first kappa shape index (κ1) is 15.1. The molecule has 0 aromatic heterocycles. The van der Waals surface area contributed by atoms with Crippen molar-refractivity contribution in [2.24, 2.45) is 5.92 Å². The number of amides is 2. The summed E-state index contributed by atoms with van der Waals surface area (Å²) < 4.78 is 0. The van der Waals surface area contributed by atoms with Gasteiger partial charge in [-0.15, -0.1) is 0 Å². The van der Waals surface area contributed by atoms with E-state index < -0.39 is 0 Å². The highest BCUT2D eigenvalue weighted by Crippen LogP contribution is 2.28. The van der Waals surface area contributed by atoms with Crippen molar-refractivity contribution in [3.8, 4) is 0 Å². The lowest BCUT2D eigenvalue weighted by atomic mass is 9.94. The van der Waals surface area contributed by atoms with Crippen molar-refractivity contribution in [3.63, 3.8) is 0 Å². The van der Waals surface area contributed by atoms with Crippen molar-refractivity contribution >= 4 is 11.8 Å². The van der Waals surface area contributed by atoms with Crippen LogP contribution in [0.15, 0.2) is 30.3 Å². The van der Waals surface area contributed by atoms with Crippen LogP contribution in [0.4, 0.5) is 0 Å². The Hall–Kier alpha value is -1.84. The molecule has 1 aromatic rings. The molecule has 4 nitrogen and oxygen atoms in total. The van der Waals surface area contributed by atoms with Crippen LogP contribution < -0.4 is 0 Å². The van der Waals surface area contributed by atoms with E-state index in [1.165, 1.54) is 5.56 Å². The molecule has 0 N–H and O–H groups in total. The summed E-state index contributed by atoms with van der Waals surface area (Å²) in [6.07, 6.45) is 3.73. The predicted molar refractivity (Wildman–Crippen MR) is 85.4 cm³/mol. The maximum absolute atomic E-state index is 12.8. The Kier molecular flexibility index (Phi) is 4.46. The van der Waals surface area contributed by atoms with E-state index in [1.807, 2.05) is 11.0 Å². The first-order chi connectivity index (χ1) is 10.6. The van der Waals surface area contributed by atoms with Crippen LogP contribution in [0.2, 0.25) is 0 Å². The molecule has 2 saturated heterocycles. The van der Waals surface area contributed by atoms with Crippen LogP contribution in [0.3, 0.4) is 0 Å². The van der Waals surface area contributed by atoms with Crippen molar-refractivity contribution in [3.05, 3.63) is 35.9 Å². The average Bonchev–Trinajstić information content (AvgIpc) is 2.76. The standard InChI is InChI=1S/C18H24N2O2/c1-19-12-16(11-17(19)21)18(22)20-10-6-5-9-15(13-20)14-7-3-2-4-8-14/h2-4,7-8,15-16H,5-6,9-13H2,1H3. The highest BCUT2D eigenvalue weighted by molar-refractivity contribution is 5.89. The smallest absolute Gasteiger partial charge is 0.228 e. The fourth-order valence-corrected chi connectivity index (χ4v) is 3.63. The predicted octanol–water partition coefficient (Wildman–Crippen LogP) is 2.26. The lowest BCUT2D eigenvalue weighted by Gasteiger charge is -2.27. The summed E-state index contributed by atoms with van der Waals surface area (Å²) in [6, 6.07) is 10.5. The summed E-state index contributed by atoms with van der Waals surface area (Å²) in [7, 11) is 1.78. The molecule has 22 heavy (non-hydrogen) atoms. The molecule has 0 radical (unpaired) electrons. The minimum atomic E-state index is -0.146. The number of nitrogens with zero attached hydrogens (tertiary/aromatic N) is 2. The van der Waals surface area contributed by atoms with Gasteiger partial charge in [-0.3, -0.25) is 9.59 Å². The van der Waals surface area contributed by atoms with Crippen LogP contribution in [0.25, 0.3) is 0 Å². The van der Waals surface area contributed by atoms with E-state index in [0.29, 0.717) is 18.9 Å². The fourth-order valence-electron chi connectivity index (χ4n) is 3.63. The molecule has 3 rings (SSSR count). The zero-order valence-electron chi connectivity index (χ0n) is 13.2. The van der Waals surface area contributed by atoms with Crippen molar-refractivity contribution in [1.82, 2.24) is 9.80 Å². The van der Waals surface area contributed by atoms with Gasteiger partial charge in [0.2, 0.25) is 11.8 Å². The molecule has 2 atom stereocenters. The van der Waals surface area contributed by atoms with Crippen LogP contribution in [-0.4, -0.2) is 48.3 Å². The summed E-state index contributed by atoms with van der Waals surface area (Å²) >= 11 is 0. The highest BCUT2D eigenvalue weighted by Gasteiger charge is 2.35. The molecule has 0 aliphatic carbocycles. The number of likely N-dealkylation sites (tertiary alicyclic amines) is 2. The molecule has 2 amide bonds. The largest absolute Gasteiger partial charge is 0.345 e. The van der Waals surface area contributed by atoms with Crippen LogP contribution >= 0.6 is 0 Å². The highest BCUT2D eigenvalue weighted by atomic mass is 16.2. The van der Waals surface area contributed by atoms with Gasteiger partial charge in [0.1, 0.15) is 0 Å². The first-order valence-electron chi connectivity index (χ1n) is 8.23. The molecule has 0 saturated carbocycles. The number of carbonyl (C=O) groups is 2. The Morgan fingerprint density at radius 2 is 1.91 bits per heavy atom. The van der Waals surface area contributed by atoms with Crippen LogP contribution in [0.5, 0.6) is 0 Å². The number of benzene rings is 1. The Morgan fingerprint density at radius 1 is 1.14 bits per heavy atom. The number of hydrogen-bond donors (Lipinski definition) is 0. The summed E-state index contributed by atoms with van der Waals surface area (Å²) in [6.45, 7) is 2.19. The second kappa shape index (κ2) is 6.51. The molecule has 0 bridgehead atoms. The average molecular weight is 300 g/mol. The second-order valence-corrected chi connectivity index (χ2v) is 6.56. The van der Waals surface area contributed by atoms with Crippen LogP contribution in [-0.2, 0) is 9.59 Å². The topological polar surface area (TPSA) is 40.6 Å². The lowest BCUT2D eigenvalue weighted by Crippen LogP contribution is -2.39. The summed E-state index contributed by atoms with van der Waals surface area (Å²) in [5.74, 6) is 0.530. The SMILES string of the molecule is CN1CC(C(=O)N2CCCCC(c3ccccc3)C2)CC1=O. The van der Waals surface area contributed by atoms with Gasteiger partial charge in [-0.1, -0.05) is 36.8 Å². The van der Waals surface area contributed by atoms with Crippen molar-refractivity contribution < 1.29 is 9.59 Å². The monoisotopic (exact) mass is 300 g/mol. The molecule has 2 fully saturated rings. The maximum atomic E-state index is 12.8. The molecular weight excluding hydrogens is 276 g/mol. The molecule has 2 heterocycles. The summed E-state index contributed by atoms with van der Waals surface area (Å²) in [5, 5.41) is 0. The Labute approximate surface area is 132 Å². The summed E-state index contributed by atoms with van der Waals surface area (Å²) in [4.78, 5) is 28.1. The van der Waals surface area contributed by atoms with Gasteiger partial charge in [0.25, 0.3) is 0 Å². The van der Waals surface area contributed by atoms with Crippen molar-refractivity contribution in [2.75, 3.05) is 26.7 Å². The van der Waals surface area contributed by atoms with Gasteiger partial charge < -0.3 is 9.80 Å². The van der Waals surface area contributed by atoms with Gasteiger partial charge >= 0.3 is 0 Å². The maximum Gasteiger partial charge on any atom is 0.228 e. The van der Waals surface area contributed by atoms with E-state index in [2.05, 4.69) is 24.3 Å². The van der Waals surface area contributed by atoms with Crippen LogP contribution in [0.1, 0.15) is 37.2 Å². The van der Waals surface area contributed by atoms with E-state index in [9.17, 15) is 9.59 Å². The zero-order chi connectivity index (χ0) is 15.5. The number of hydrogen-bond acceptors (Lipinski definition) is 2. The normalized spacial score (nSPS) is 26.1. The fraction of sp³-hybridized carbons (Fsp3) is 0.556. The van der Waals surface area contributed by atoms with Gasteiger partial charge in [0.05, 0.1) is 5.92 Å².